The molecule has 2 N–H and O–H groups in total. The number of rotatable bonds is 7. The Morgan fingerprint density at radius 1 is 1.24 bits per heavy atom. The number of methoxy groups -OCH3 is 1. The SMILES string of the molecule is COCC1CN(S(=O)(=O)Nc2ccc(F)c(Nc3ccc4ncn(C)c(=O)c4c3C)c2Cl)C1. The van der Waals surface area contributed by atoms with Crippen LogP contribution in [0.5, 0.6) is 0 Å². The second kappa shape index (κ2) is 8.90. The van der Waals surface area contributed by atoms with E-state index in [-0.39, 0.29) is 27.9 Å². The molecule has 1 aromatic heterocycles. The molecule has 0 atom stereocenters. The van der Waals surface area contributed by atoms with Crippen molar-refractivity contribution in [3.05, 3.63) is 57.3 Å². The van der Waals surface area contributed by atoms with Crippen LogP contribution in [-0.4, -0.2) is 49.1 Å². The minimum atomic E-state index is -3.86. The first-order chi connectivity index (χ1) is 15.6. The summed E-state index contributed by atoms with van der Waals surface area (Å²) in [5.74, 6) is -0.545. The van der Waals surface area contributed by atoms with E-state index in [4.69, 9.17) is 16.3 Å². The van der Waals surface area contributed by atoms with Crippen LogP contribution >= 0.6 is 11.6 Å². The van der Waals surface area contributed by atoms with Crippen molar-refractivity contribution in [1.29, 1.82) is 0 Å². The van der Waals surface area contributed by atoms with Crippen molar-refractivity contribution < 1.29 is 17.5 Å². The fraction of sp³-hybridized carbons (Fsp3) is 0.333. The van der Waals surface area contributed by atoms with E-state index in [1.807, 2.05) is 0 Å². The lowest BCUT2D eigenvalue weighted by atomic mass is 10.1. The lowest BCUT2D eigenvalue weighted by Gasteiger charge is -2.37. The first-order valence-corrected chi connectivity index (χ1v) is 11.9. The van der Waals surface area contributed by atoms with E-state index in [1.54, 1.807) is 33.2 Å². The average Bonchev–Trinajstić information content (AvgIpc) is 2.73. The van der Waals surface area contributed by atoms with E-state index < -0.39 is 16.0 Å². The van der Waals surface area contributed by atoms with Gasteiger partial charge in [-0.1, -0.05) is 11.6 Å². The highest BCUT2D eigenvalue weighted by Gasteiger charge is 2.36. The summed E-state index contributed by atoms with van der Waals surface area (Å²) in [5.41, 5.74) is 1.20. The van der Waals surface area contributed by atoms with Crippen molar-refractivity contribution >= 4 is 49.8 Å². The lowest BCUT2D eigenvalue weighted by Crippen LogP contribution is -2.53. The van der Waals surface area contributed by atoms with Crippen molar-refractivity contribution in [1.82, 2.24) is 13.9 Å². The zero-order valence-electron chi connectivity index (χ0n) is 18.2. The Morgan fingerprint density at radius 3 is 2.64 bits per heavy atom. The van der Waals surface area contributed by atoms with Crippen molar-refractivity contribution in [2.24, 2.45) is 13.0 Å². The van der Waals surface area contributed by atoms with Gasteiger partial charge in [-0.15, -0.1) is 0 Å². The van der Waals surface area contributed by atoms with Gasteiger partial charge in [0.15, 0.2) is 0 Å². The second-order valence-corrected chi connectivity index (χ2v) is 10.00. The minimum Gasteiger partial charge on any atom is -0.384 e. The van der Waals surface area contributed by atoms with Crippen LogP contribution in [0.4, 0.5) is 21.5 Å². The maximum absolute atomic E-state index is 14.7. The molecule has 0 amide bonds. The molecular weight excluding hydrogens is 473 g/mol. The maximum atomic E-state index is 14.7. The first kappa shape index (κ1) is 23.4. The van der Waals surface area contributed by atoms with Crippen LogP contribution in [0.1, 0.15) is 5.56 Å². The van der Waals surface area contributed by atoms with Gasteiger partial charge < -0.3 is 14.6 Å². The Hall–Kier alpha value is -2.73. The van der Waals surface area contributed by atoms with E-state index in [0.717, 1.165) is 6.07 Å². The third kappa shape index (κ3) is 4.41. The number of nitrogens with one attached hydrogen (secondary N) is 2. The van der Waals surface area contributed by atoms with Gasteiger partial charge in [0.2, 0.25) is 0 Å². The monoisotopic (exact) mass is 495 g/mol. The summed E-state index contributed by atoms with van der Waals surface area (Å²) in [4.78, 5) is 16.8. The second-order valence-electron chi connectivity index (χ2n) is 7.95. The molecule has 33 heavy (non-hydrogen) atoms. The Labute approximate surface area is 195 Å². The lowest BCUT2D eigenvalue weighted by molar-refractivity contribution is 0.0825. The van der Waals surface area contributed by atoms with Crippen molar-refractivity contribution in [3.63, 3.8) is 0 Å². The summed E-state index contributed by atoms with van der Waals surface area (Å²) in [6.07, 6.45) is 1.43. The van der Waals surface area contributed by atoms with Crippen LogP contribution in [0.15, 0.2) is 35.4 Å². The van der Waals surface area contributed by atoms with Crippen LogP contribution < -0.4 is 15.6 Å². The molecule has 176 valence electrons. The molecule has 0 aliphatic carbocycles. The zero-order valence-corrected chi connectivity index (χ0v) is 19.8. The molecule has 12 heteroatoms. The summed E-state index contributed by atoms with van der Waals surface area (Å²) in [5, 5.41) is 3.16. The Kier molecular flexibility index (Phi) is 6.32. The molecule has 2 heterocycles. The fourth-order valence-corrected chi connectivity index (χ4v) is 5.43. The van der Waals surface area contributed by atoms with Crippen LogP contribution in [0.25, 0.3) is 10.9 Å². The largest absolute Gasteiger partial charge is 0.384 e. The number of hydrogen-bond acceptors (Lipinski definition) is 6. The molecule has 1 aliphatic heterocycles. The number of hydrogen-bond donors (Lipinski definition) is 2. The molecule has 0 saturated carbocycles. The molecule has 0 radical (unpaired) electrons. The van der Waals surface area contributed by atoms with Gasteiger partial charge in [-0.3, -0.25) is 9.52 Å². The van der Waals surface area contributed by atoms with Crippen molar-refractivity contribution in [2.75, 3.05) is 36.8 Å². The minimum absolute atomic E-state index is 0.0341. The number of aromatic nitrogens is 2. The first-order valence-electron chi connectivity index (χ1n) is 10.1. The third-order valence-electron chi connectivity index (χ3n) is 5.60. The number of anilines is 3. The molecule has 3 aromatic rings. The molecule has 4 rings (SSSR count). The standard InChI is InChI=1S/C21H23ClFN5O4S/c1-12-15(6-7-16-18(12)21(29)27(2)11-24-16)25-20-14(23)4-5-17(19(20)22)26-33(30,31)28-8-13(9-28)10-32-3/h4-7,11,13,25-26H,8-10H2,1-3H3. The summed E-state index contributed by atoms with van der Waals surface area (Å²) < 4.78 is 50.1. The number of aryl methyl sites for hydroxylation is 2. The number of fused-ring (bicyclic) bond motifs is 1. The molecule has 0 spiro atoms. The molecule has 1 aliphatic rings. The predicted molar refractivity (Wildman–Crippen MR) is 126 cm³/mol. The van der Waals surface area contributed by atoms with Gasteiger partial charge in [0, 0.05) is 38.9 Å². The van der Waals surface area contributed by atoms with Crippen molar-refractivity contribution in [2.45, 2.75) is 6.92 Å². The third-order valence-corrected chi connectivity index (χ3v) is 7.45. The zero-order chi connectivity index (χ0) is 23.9. The van der Waals surface area contributed by atoms with Crippen molar-refractivity contribution in [3.8, 4) is 0 Å². The van der Waals surface area contributed by atoms with Gasteiger partial charge in [0.1, 0.15) is 5.82 Å². The maximum Gasteiger partial charge on any atom is 0.301 e. The van der Waals surface area contributed by atoms with Gasteiger partial charge in [-0.2, -0.15) is 12.7 Å². The van der Waals surface area contributed by atoms with E-state index in [0.29, 0.717) is 41.9 Å². The summed E-state index contributed by atoms with van der Waals surface area (Å²) in [7, 11) is -0.703. The predicted octanol–water partition coefficient (Wildman–Crippen LogP) is 3.01. The molecule has 1 saturated heterocycles. The van der Waals surface area contributed by atoms with E-state index in [9.17, 15) is 17.6 Å². The van der Waals surface area contributed by atoms with Gasteiger partial charge >= 0.3 is 10.2 Å². The Balaban J connectivity index is 1.64. The molecular formula is C21H23ClFN5O4S. The van der Waals surface area contributed by atoms with Gasteiger partial charge in [-0.05, 0) is 36.8 Å². The topological polar surface area (TPSA) is 106 Å². The Morgan fingerprint density at radius 2 is 1.94 bits per heavy atom. The van der Waals surface area contributed by atoms with Crippen LogP contribution in [-0.2, 0) is 22.0 Å². The number of ether oxygens (including phenoxy) is 1. The van der Waals surface area contributed by atoms with E-state index in [2.05, 4.69) is 15.0 Å². The van der Waals surface area contributed by atoms with Gasteiger partial charge in [0.05, 0.1) is 40.2 Å². The fourth-order valence-electron chi connectivity index (χ4n) is 3.73. The molecule has 2 aromatic carbocycles. The summed E-state index contributed by atoms with van der Waals surface area (Å²) >= 11 is 6.40. The van der Waals surface area contributed by atoms with Crippen LogP contribution in [0, 0.1) is 18.7 Å². The van der Waals surface area contributed by atoms with Gasteiger partial charge in [0.25, 0.3) is 5.56 Å². The summed E-state index contributed by atoms with van der Waals surface area (Å²) in [6, 6.07) is 5.68. The van der Waals surface area contributed by atoms with Crippen LogP contribution in [0.3, 0.4) is 0 Å². The Bertz CT molecular complexity index is 1390. The van der Waals surface area contributed by atoms with E-state index in [1.165, 1.54) is 21.3 Å². The number of halogens is 2. The average molecular weight is 496 g/mol. The van der Waals surface area contributed by atoms with Gasteiger partial charge in [-0.25, -0.2) is 9.37 Å². The van der Waals surface area contributed by atoms with E-state index >= 15 is 0 Å². The molecule has 0 unspecified atom stereocenters. The quantitative estimate of drug-likeness (QED) is 0.522. The highest BCUT2D eigenvalue weighted by Crippen LogP contribution is 2.37. The smallest absolute Gasteiger partial charge is 0.301 e. The number of benzene rings is 2. The molecule has 0 bridgehead atoms. The highest BCUT2D eigenvalue weighted by molar-refractivity contribution is 7.90. The molecule has 1 fully saturated rings. The normalized spacial score (nSPS) is 14.9. The number of nitrogens with zero attached hydrogens (tertiary/aromatic N) is 3. The van der Waals surface area contributed by atoms with Crippen LogP contribution in [0.2, 0.25) is 5.02 Å². The highest BCUT2D eigenvalue weighted by atomic mass is 35.5. The summed E-state index contributed by atoms with van der Waals surface area (Å²) in [6.45, 7) is 2.84. The molecule has 9 nitrogen and oxygen atoms in total.